The van der Waals surface area contributed by atoms with Crippen LogP contribution in [0.3, 0.4) is 0 Å². The molecule has 126 valence electrons. The molecule has 1 spiro atoms. The monoisotopic (exact) mass is 346 g/mol. The molecular formula is C18H19FN2O2S. The number of hydrogen-bond acceptors (Lipinski definition) is 4. The number of nitrogens with zero attached hydrogens (tertiary/aromatic N) is 2. The van der Waals surface area contributed by atoms with E-state index in [1.165, 1.54) is 17.4 Å². The van der Waals surface area contributed by atoms with Crippen molar-refractivity contribution in [2.45, 2.75) is 25.9 Å². The van der Waals surface area contributed by atoms with Crippen molar-refractivity contribution < 1.29 is 13.9 Å². The summed E-state index contributed by atoms with van der Waals surface area (Å²) in [5.41, 5.74) is 3.56. The lowest BCUT2D eigenvalue weighted by molar-refractivity contribution is -0.00107. The fourth-order valence-electron chi connectivity index (χ4n) is 3.73. The molecule has 1 aromatic carbocycles. The van der Waals surface area contributed by atoms with Crippen LogP contribution in [0.2, 0.25) is 0 Å². The minimum atomic E-state index is -0.208. The second kappa shape index (κ2) is 5.93. The molecule has 0 aliphatic carbocycles. The molecule has 1 aromatic heterocycles. The molecule has 2 fully saturated rings. The van der Waals surface area contributed by atoms with E-state index in [1.807, 2.05) is 17.9 Å². The standard InChI is InChI=1S/C18H19FN2O2S/c1-12-16(24-11-20-12)17(22)21-8-18(9-21)7-15(23-10-18)6-13-3-2-4-14(19)5-13/h2-5,11,15H,6-10H2,1H3/t15-/m0/s1. The first-order valence-electron chi connectivity index (χ1n) is 8.10. The summed E-state index contributed by atoms with van der Waals surface area (Å²) in [7, 11) is 0. The number of rotatable bonds is 3. The van der Waals surface area contributed by atoms with Crippen molar-refractivity contribution in [3.63, 3.8) is 0 Å². The zero-order chi connectivity index (χ0) is 16.7. The average molecular weight is 346 g/mol. The van der Waals surface area contributed by atoms with Gasteiger partial charge in [0.05, 0.1) is 23.9 Å². The van der Waals surface area contributed by atoms with Gasteiger partial charge in [-0.2, -0.15) is 0 Å². The van der Waals surface area contributed by atoms with Gasteiger partial charge in [-0.3, -0.25) is 4.79 Å². The average Bonchev–Trinajstić information content (AvgIpc) is 3.12. The van der Waals surface area contributed by atoms with Gasteiger partial charge in [0, 0.05) is 18.5 Å². The molecule has 4 nitrogen and oxygen atoms in total. The number of aromatic nitrogens is 1. The Kier molecular flexibility index (Phi) is 3.89. The van der Waals surface area contributed by atoms with E-state index in [1.54, 1.807) is 17.6 Å². The van der Waals surface area contributed by atoms with Crippen molar-refractivity contribution in [2.75, 3.05) is 19.7 Å². The Bertz CT molecular complexity index is 770. The van der Waals surface area contributed by atoms with Gasteiger partial charge in [-0.25, -0.2) is 9.37 Å². The number of hydrogen-bond donors (Lipinski definition) is 0. The molecule has 0 bridgehead atoms. The van der Waals surface area contributed by atoms with Crippen molar-refractivity contribution in [1.29, 1.82) is 0 Å². The normalized spacial score (nSPS) is 21.9. The first-order chi connectivity index (χ1) is 11.5. The largest absolute Gasteiger partial charge is 0.377 e. The molecule has 2 aliphatic rings. The lowest BCUT2D eigenvalue weighted by Gasteiger charge is -2.47. The second-order valence-corrected chi connectivity index (χ2v) is 7.75. The second-order valence-electron chi connectivity index (χ2n) is 6.90. The van der Waals surface area contributed by atoms with Gasteiger partial charge in [-0.1, -0.05) is 12.1 Å². The predicted octanol–water partition coefficient (Wildman–Crippen LogP) is 3.06. The van der Waals surface area contributed by atoms with Crippen LogP contribution in [0.5, 0.6) is 0 Å². The van der Waals surface area contributed by atoms with Gasteiger partial charge < -0.3 is 9.64 Å². The number of likely N-dealkylation sites (tertiary alicyclic amines) is 1. The maximum absolute atomic E-state index is 13.3. The number of ether oxygens (including phenoxy) is 1. The maximum atomic E-state index is 13.3. The Morgan fingerprint density at radius 1 is 1.50 bits per heavy atom. The van der Waals surface area contributed by atoms with Crippen LogP contribution in [-0.2, 0) is 11.2 Å². The third kappa shape index (κ3) is 2.84. The van der Waals surface area contributed by atoms with E-state index in [-0.39, 0.29) is 23.2 Å². The molecule has 3 heterocycles. The summed E-state index contributed by atoms with van der Waals surface area (Å²) in [5.74, 6) is -0.130. The van der Waals surface area contributed by atoms with E-state index in [4.69, 9.17) is 4.74 Å². The zero-order valence-corrected chi connectivity index (χ0v) is 14.3. The minimum Gasteiger partial charge on any atom is -0.377 e. The van der Waals surface area contributed by atoms with Crippen LogP contribution in [0.15, 0.2) is 29.8 Å². The highest BCUT2D eigenvalue weighted by Crippen LogP contribution is 2.42. The summed E-state index contributed by atoms with van der Waals surface area (Å²) in [5, 5.41) is 0. The molecule has 6 heteroatoms. The van der Waals surface area contributed by atoms with Crippen LogP contribution >= 0.6 is 11.3 Å². The Morgan fingerprint density at radius 2 is 2.33 bits per heavy atom. The molecular weight excluding hydrogens is 327 g/mol. The first kappa shape index (κ1) is 15.7. The number of aryl methyl sites for hydroxylation is 1. The summed E-state index contributed by atoms with van der Waals surface area (Å²) in [4.78, 5) is 19.2. The van der Waals surface area contributed by atoms with Crippen LogP contribution < -0.4 is 0 Å². The van der Waals surface area contributed by atoms with E-state index in [0.717, 1.165) is 42.1 Å². The Labute approximate surface area is 144 Å². The Hall–Kier alpha value is -1.79. The third-order valence-electron chi connectivity index (χ3n) is 4.92. The number of benzene rings is 1. The topological polar surface area (TPSA) is 42.4 Å². The summed E-state index contributed by atoms with van der Waals surface area (Å²) in [6.07, 6.45) is 1.75. The molecule has 1 atom stereocenters. The smallest absolute Gasteiger partial charge is 0.265 e. The summed E-state index contributed by atoms with van der Waals surface area (Å²) in [6, 6.07) is 6.69. The fourth-order valence-corrected chi connectivity index (χ4v) is 4.50. The molecule has 2 aliphatic heterocycles. The summed E-state index contributed by atoms with van der Waals surface area (Å²) < 4.78 is 19.2. The minimum absolute atomic E-state index is 0.0756. The van der Waals surface area contributed by atoms with Gasteiger partial charge >= 0.3 is 0 Å². The molecule has 0 N–H and O–H groups in total. The van der Waals surface area contributed by atoms with Gasteiger partial charge in [-0.05, 0) is 37.5 Å². The highest BCUT2D eigenvalue weighted by Gasteiger charge is 2.50. The number of thiazole rings is 1. The molecule has 2 aromatic rings. The zero-order valence-electron chi connectivity index (χ0n) is 13.5. The summed E-state index contributed by atoms with van der Waals surface area (Å²) >= 11 is 1.40. The number of carbonyl (C=O) groups excluding carboxylic acids is 1. The third-order valence-corrected chi connectivity index (χ3v) is 5.83. The molecule has 0 saturated carbocycles. The van der Waals surface area contributed by atoms with Gasteiger partial charge in [0.2, 0.25) is 0 Å². The highest BCUT2D eigenvalue weighted by atomic mass is 32.1. The van der Waals surface area contributed by atoms with E-state index >= 15 is 0 Å². The van der Waals surface area contributed by atoms with E-state index in [9.17, 15) is 9.18 Å². The number of carbonyl (C=O) groups is 1. The number of halogens is 1. The molecule has 4 rings (SSSR count). The highest BCUT2D eigenvalue weighted by molar-refractivity contribution is 7.11. The van der Waals surface area contributed by atoms with E-state index < -0.39 is 0 Å². The lowest BCUT2D eigenvalue weighted by Crippen LogP contribution is -2.58. The van der Waals surface area contributed by atoms with Gasteiger partial charge in [0.25, 0.3) is 5.91 Å². The Morgan fingerprint density at radius 3 is 3.04 bits per heavy atom. The van der Waals surface area contributed by atoms with Crippen molar-refractivity contribution in [1.82, 2.24) is 9.88 Å². The molecule has 0 unspecified atom stereocenters. The van der Waals surface area contributed by atoms with Crippen molar-refractivity contribution >= 4 is 17.2 Å². The van der Waals surface area contributed by atoms with E-state index in [0.29, 0.717) is 6.61 Å². The van der Waals surface area contributed by atoms with Crippen molar-refractivity contribution in [3.8, 4) is 0 Å². The molecule has 2 saturated heterocycles. The van der Waals surface area contributed by atoms with E-state index in [2.05, 4.69) is 4.98 Å². The molecule has 1 amide bonds. The first-order valence-corrected chi connectivity index (χ1v) is 8.98. The summed E-state index contributed by atoms with van der Waals surface area (Å²) in [6.45, 7) is 4.02. The molecule has 0 radical (unpaired) electrons. The quantitative estimate of drug-likeness (QED) is 0.858. The van der Waals surface area contributed by atoms with Crippen LogP contribution in [0.25, 0.3) is 0 Å². The van der Waals surface area contributed by atoms with Crippen LogP contribution in [0.1, 0.15) is 27.3 Å². The predicted molar refractivity (Wildman–Crippen MR) is 89.6 cm³/mol. The fraction of sp³-hybridized carbons (Fsp3) is 0.444. The van der Waals surface area contributed by atoms with Crippen LogP contribution in [0, 0.1) is 18.2 Å². The lowest BCUT2D eigenvalue weighted by atomic mass is 9.77. The SMILES string of the molecule is Cc1ncsc1C(=O)N1CC2(CO[C@@H](Cc3cccc(F)c3)C2)C1. The maximum Gasteiger partial charge on any atom is 0.265 e. The van der Waals surface area contributed by atoms with Gasteiger partial charge in [-0.15, -0.1) is 11.3 Å². The van der Waals surface area contributed by atoms with Crippen molar-refractivity contribution in [2.24, 2.45) is 5.41 Å². The van der Waals surface area contributed by atoms with Crippen LogP contribution in [0.4, 0.5) is 4.39 Å². The number of amides is 1. The van der Waals surface area contributed by atoms with Crippen molar-refractivity contribution in [3.05, 3.63) is 51.7 Å². The van der Waals surface area contributed by atoms with Gasteiger partial charge in [0.15, 0.2) is 0 Å². The molecule has 24 heavy (non-hydrogen) atoms. The van der Waals surface area contributed by atoms with Gasteiger partial charge in [0.1, 0.15) is 10.7 Å². The van der Waals surface area contributed by atoms with Crippen LogP contribution in [-0.4, -0.2) is 41.6 Å². The Balaban J connectivity index is 1.35.